The number of rotatable bonds is 2. The Hall–Kier alpha value is -1.10. The molecular formula is C13H23N3O2. The van der Waals surface area contributed by atoms with Gasteiger partial charge in [-0.1, -0.05) is 6.42 Å². The number of hydrogen-bond acceptors (Lipinski definition) is 3. The van der Waals surface area contributed by atoms with Crippen LogP contribution >= 0.6 is 0 Å². The predicted molar refractivity (Wildman–Crippen MR) is 68.8 cm³/mol. The zero-order chi connectivity index (χ0) is 13.1. The Morgan fingerprint density at radius 1 is 1.39 bits per heavy atom. The van der Waals surface area contributed by atoms with Crippen LogP contribution in [0.15, 0.2) is 0 Å². The van der Waals surface area contributed by atoms with E-state index < -0.39 is 0 Å². The molecule has 1 aliphatic carbocycles. The lowest BCUT2D eigenvalue weighted by Gasteiger charge is -2.34. The molecule has 2 fully saturated rings. The number of piperazine rings is 1. The van der Waals surface area contributed by atoms with Crippen molar-refractivity contribution in [2.45, 2.75) is 38.1 Å². The molecule has 102 valence electrons. The van der Waals surface area contributed by atoms with E-state index in [2.05, 4.69) is 0 Å². The van der Waals surface area contributed by atoms with Gasteiger partial charge in [0, 0.05) is 32.6 Å². The molecule has 2 amide bonds. The maximum Gasteiger partial charge on any atom is 0.241 e. The van der Waals surface area contributed by atoms with Crippen molar-refractivity contribution in [2.24, 2.45) is 11.7 Å². The summed E-state index contributed by atoms with van der Waals surface area (Å²) in [6.07, 6.45) is 4.82. The average molecular weight is 253 g/mol. The molecule has 0 spiro atoms. The fourth-order valence-electron chi connectivity index (χ4n) is 2.87. The Balaban J connectivity index is 1.82. The van der Waals surface area contributed by atoms with Crippen LogP contribution in [-0.4, -0.2) is 54.3 Å². The largest absolute Gasteiger partial charge is 0.342 e. The van der Waals surface area contributed by atoms with Gasteiger partial charge in [-0.05, 0) is 25.2 Å². The average Bonchev–Trinajstić information content (AvgIpc) is 2.32. The van der Waals surface area contributed by atoms with Crippen molar-refractivity contribution in [1.82, 2.24) is 9.80 Å². The molecule has 1 aliphatic heterocycles. The molecule has 2 unspecified atom stereocenters. The van der Waals surface area contributed by atoms with E-state index in [-0.39, 0.29) is 24.4 Å². The minimum Gasteiger partial charge on any atom is -0.342 e. The van der Waals surface area contributed by atoms with Crippen LogP contribution in [0.2, 0.25) is 0 Å². The first-order chi connectivity index (χ1) is 8.56. The molecule has 0 bridgehead atoms. The second-order valence-electron chi connectivity index (χ2n) is 5.63. The number of amides is 2. The summed E-state index contributed by atoms with van der Waals surface area (Å²) in [5, 5.41) is 0. The van der Waals surface area contributed by atoms with Crippen LogP contribution in [0.5, 0.6) is 0 Å². The third kappa shape index (κ3) is 3.22. The number of carbonyl (C=O) groups excluding carboxylic acids is 2. The molecule has 2 aliphatic rings. The smallest absolute Gasteiger partial charge is 0.241 e. The number of likely N-dealkylation sites (N-methyl/N-ethyl adjacent to an activating group) is 1. The van der Waals surface area contributed by atoms with Crippen LogP contribution in [0.1, 0.15) is 32.1 Å². The fourth-order valence-corrected chi connectivity index (χ4v) is 2.87. The standard InChI is InChI=1S/C13H23N3O2/c1-15-5-6-16(9-13(15)18)12(17)8-10-3-2-4-11(14)7-10/h10-11H,2-9,14H2,1H3. The van der Waals surface area contributed by atoms with E-state index in [1.54, 1.807) is 16.8 Å². The maximum absolute atomic E-state index is 12.1. The third-order valence-electron chi connectivity index (χ3n) is 4.10. The van der Waals surface area contributed by atoms with Gasteiger partial charge in [0.1, 0.15) is 0 Å². The minimum atomic E-state index is 0.0370. The summed E-state index contributed by atoms with van der Waals surface area (Å²) in [5.74, 6) is 0.571. The molecule has 2 N–H and O–H groups in total. The molecule has 0 radical (unpaired) electrons. The van der Waals surface area contributed by atoms with Gasteiger partial charge >= 0.3 is 0 Å². The lowest BCUT2D eigenvalue weighted by Crippen LogP contribution is -2.51. The van der Waals surface area contributed by atoms with E-state index in [1.165, 1.54) is 0 Å². The summed E-state index contributed by atoms with van der Waals surface area (Å²) in [6.45, 7) is 1.56. The summed E-state index contributed by atoms with van der Waals surface area (Å²) in [7, 11) is 1.78. The van der Waals surface area contributed by atoms with Crippen molar-refractivity contribution in [1.29, 1.82) is 0 Å². The first-order valence-corrected chi connectivity index (χ1v) is 6.83. The molecule has 5 nitrogen and oxygen atoms in total. The van der Waals surface area contributed by atoms with E-state index >= 15 is 0 Å². The Labute approximate surface area is 108 Å². The Morgan fingerprint density at radius 2 is 2.17 bits per heavy atom. The molecule has 2 atom stereocenters. The molecule has 18 heavy (non-hydrogen) atoms. The summed E-state index contributed by atoms with van der Waals surface area (Å²) in [5.41, 5.74) is 5.93. The van der Waals surface area contributed by atoms with Gasteiger partial charge < -0.3 is 15.5 Å². The fraction of sp³-hybridized carbons (Fsp3) is 0.846. The van der Waals surface area contributed by atoms with Gasteiger partial charge in [0.25, 0.3) is 0 Å². The highest BCUT2D eigenvalue weighted by molar-refractivity contribution is 5.85. The van der Waals surface area contributed by atoms with Gasteiger partial charge in [-0.25, -0.2) is 0 Å². The second-order valence-corrected chi connectivity index (χ2v) is 5.63. The van der Waals surface area contributed by atoms with Crippen LogP contribution in [-0.2, 0) is 9.59 Å². The zero-order valence-corrected chi connectivity index (χ0v) is 11.1. The predicted octanol–water partition coefficient (Wildman–Crippen LogP) is 0.195. The molecule has 1 saturated carbocycles. The van der Waals surface area contributed by atoms with Gasteiger partial charge in [0.2, 0.25) is 11.8 Å². The summed E-state index contributed by atoms with van der Waals surface area (Å²) in [4.78, 5) is 27.1. The van der Waals surface area contributed by atoms with Crippen LogP contribution in [0.25, 0.3) is 0 Å². The van der Waals surface area contributed by atoms with E-state index in [0.717, 1.165) is 25.7 Å². The summed E-state index contributed by atoms with van der Waals surface area (Å²) in [6, 6.07) is 0.255. The molecule has 0 aromatic heterocycles. The SMILES string of the molecule is CN1CCN(C(=O)CC2CCCC(N)C2)CC1=O. The van der Waals surface area contributed by atoms with E-state index in [1.807, 2.05) is 0 Å². The zero-order valence-electron chi connectivity index (χ0n) is 11.1. The highest BCUT2D eigenvalue weighted by Gasteiger charge is 2.28. The molecule has 0 aromatic rings. The van der Waals surface area contributed by atoms with Gasteiger partial charge in [-0.15, -0.1) is 0 Å². The first kappa shape index (κ1) is 13.3. The second kappa shape index (κ2) is 5.69. The normalized spacial score (nSPS) is 29.6. The van der Waals surface area contributed by atoms with Crippen molar-refractivity contribution in [3.05, 3.63) is 0 Å². The number of nitrogens with two attached hydrogens (primary N) is 1. The summed E-state index contributed by atoms with van der Waals surface area (Å²) >= 11 is 0. The van der Waals surface area contributed by atoms with Crippen molar-refractivity contribution < 1.29 is 9.59 Å². The Kier molecular flexibility index (Phi) is 4.22. The topological polar surface area (TPSA) is 66.6 Å². The van der Waals surface area contributed by atoms with Crippen LogP contribution in [0, 0.1) is 5.92 Å². The van der Waals surface area contributed by atoms with Gasteiger partial charge in [0.15, 0.2) is 0 Å². The van der Waals surface area contributed by atoms with Crippen LogP contribution in [0.4, 0.5) is 0 Å². The number of hydrogen-bond donors (Lipinski definition) is 1. The number of nitrogens with zero attached hydrogens (tertiary/aromatic N) is 2. The van der Waals surface area contributed by atoms with Crippen LogP contribution < -0.4 is 5.73 Å². The van der Waals surface area contributed by atoms with E-state index in [0.29, 0.717) is 25.4 Å². The highest BCUT2D eigenvalue weighted by atomic mass is 16.2. The molecule has 1 heterocycles. The first-order valence-electron chi connectivity index (χ1n) is 6.83. The summed E-state index contributed by atoms with van der Waals surface area (Å²) < 4.78 is 0. The molecule has 1 saturated heterocycles. The lowest BCUT2D eigenvalue weighted by molar-refractivity contribution is -0.144. The third-order valence-corrected chi connectivity index (χ3v) is 4.10. The lowest BCUT2D eigenvalue weighted by atomic mass is 9.84. The minimum absolute atomic E-state index is 0.0370. The van der Waals surface area contributed by atoms with Crippen molar-refractivity contribution in [3.8, 4) is 0 Å². The molecule has 0 aromatic carbocycles. The number of carbonyl (C=O) groups is 2. The molecule has 2 rings (SSSR count). The highest BCUT2D eigenvalue weighted by Crippen LogP contribution is 2.26. The van der Waals surface area contributed by atoms with Crippen LogP contribution in [0.3, 0.4) is 0 Å². The Bertz CT molecular complexity index is 332. The molecular weight excluding hydrogens is 230 g/mol. The van der Waals surface area contributed by atoms with Gasteiger partial charge in [-0.3, -0.25) is 9.59 Å². The van der Waals surface area contributed by atoms with Crippen molar-refractivity contribution in [3.63, 3.8) is 0 Å². The molecule has 5 heteroatoms. The van der Waals surface area contributed by atoms with Crippen molar-refractivity contribution in [2.75, 3.05) is 26.7 Å². The van der Waals surface area contributed by atoms with Gasteiger partial charge in [0.05, 0.1) is 6.54 Å². The van der Waals surface area contributed by atoms with E-state index in [4.69, 9.17) is 5.73 Å². The van der Waals surface area contributed by atoms with E-state index in [9.17, 15) is 9.59 Å². The monoisotopic (exact) mass is 253 g/mol. The van der Waals surface area contributed by atoms with Crippen molar-refractivity contribution >= 4 is 11.8 Å². The Morgan fingerprint density at radius 3 is 2.83 bits per heavy atom. The van der Waals surface area contributed by atoms with Gasteiger partial charge in [-0.2, -0.15) is 0 Å². The quantitative estimate of drug-likeness (QED) is 0.764. The maximum atomic E-state index is 12.1.